The Balaban J connectivity index is 1.75. The highest BCUT2D eigenvalue weighted by Crippen LogP contribution is 2.25. The molecule has 0 unspecified atom stereocenters. The highest BCUT2D eigenvalue weighted by atomic mass is 16.5. The summed E-state index contributed by atoms with van der Waals surface area (Å²) in [6.07, 6.45) is 1.62. The summed E-state index contributed by atoms with van der Waals surface area (Å²) in [4.78, 5) is 22.8. The van der Waals surface area contributed by atoms with Gasteiger partial charge in [0.1, 0.15) is 0 Å². The van der Waals surface area contributed by atoms with E-state index in [0.29, 0.717) is 30.4 Å². The van der Waals surface area contributed by atoms with E-state index in [-0.39, 0.29) is 31.0 Å². The average molecular weight is 343 g/mol. The van der Waals surface area contributed by atoms with Gasteiger partial charge in [0.05, 0.1) is 7.11 Å². The zero-order chi connectivity index (χ0) is 17.8. The number of hydrogen-bond donors (Lipinski definition) is 2. The van der Waals surface area contributed by atoms with Crippen molar-refractivity contribution in [1.29, 1.82) is 0 Å². The molecule has 1 fully saturated rings. The highest BCUT2D eigenvalue weighted by molar-refractivity contribution is 5.94. The summed E-state index contributed by atoms with van der Waals surface area (Å²) in [6.45, 7) is 0.866. The quantitative estimate of drug-likeness (QED) is 0.835. The van der Waals surface area contributed by atoms with Crippen molar-refractivity contribution in [2.45, 2.75) is 0 Å². The van der Waals surface area contributed by atoms with E-state index >= 15 is 0 Å². The van der Waals surface area contributed by atoms with Gasteiger partial charge in [0.25, 0.3) is 5.91 Å². The minimum atomic E-state index is -0.104. The molecule has 7 nitrogen and oxygen atoms in total. The van der Waals surface area contributed by atoms with Gasteiger partial charge in [-0.3, -0.25) is 4.79 Å². The number of benzene rings is 1. The number of hydrogen-bond acceptors (Lipinski definition) is 6. The van der Waals surface area contributed by atoms with E-state index in [1.165, 1.54) is 0 Å². The Morgan fingerprint density at radius 2 is 1.80 bits per heavy atom. The third-order valence-corrected chi connectivity index (χ3v) is 4.56. The smallest absolute Gasteiger partial charge is 0.253 e. The summed E-state index contributed by atoms with van der Waals surface area (Å²) in [5.41, 5.74) is 1.35. The Morgan fingerprint density at radius 3 is 2.36 bits per heavy atom. The van der Waals surface area contributed by atoms with Gasteiger partial charge in [-0.15, -0.1) is 0 Å². The minimum Gasteiger partial charge on any atom is -0.481 e. The van der Waals surface area contributed by atoms with Crippen molar-refractivity contribution in [2.24, 2.45) is 11.8 Å². The van der Waals surface area contributed by atoms with Crippen LogP contribution in [-0.4, -0.2) is 64.4 Å². The molecule has 1 amide bonds. The molecule has 2 aromatic rings. The van der Waals surface area contributed by atoms with Crippen molar-refractivity contribution in [2.75, 3.05) is 33.4 Å². The second kappa shape index (κ2) is 7.58. The van der Waals surface area contributed by atoms with Crippen LogP contribution in [0.2, 0.25) is 0 Å². The number of aliphatic hydroxyl groups excluding tert-OH is 2. The number of nitrogens with zero attached hydrogens (tertiary/aromatic N) is 3. The van der Waals surface area contributed by atoms with Crippen LogP contribution >= 0.6 is 0 Å². The summed E-state index contributed by atoms with van der Waals surface area (Å²) in [7, 11) is 1.54. The lowest BCUT2D eigenvalue weighted by molar-refractivity contribution is 0.0778. The van der Waals surface area contributed by atoms with Crippen LogP contribution in [-0.2, 0) is 0 Å². The molecule has 1 aromatic carbocycles. The molecule has 7 heteroatoms. The van der Waals surface area contributed by atoms with E-state index < -0.39 is 0 Å². The molecule has 0 aliphatic carbocycles. The van der Waals surface area contributed by atoms with Crippen LogP contribution in [0.1, 0.15) is 10.4 Å². The van der Waals surface area contributed by atoms with Crippen molar-refractivity contribution < 1.29 is 19.7 Å². The maximum absolute atomic E-state index is 12.6. The summed E-state index contributed by atoms with van der Waals surface area (Å²) in [5, 5.41) is 18.7. The first-order valence-corrected chi connectivity index (χ1v) is 8.14. The largest absolute Gasteiger partial charge is 0.481 e. The number of methoxy groups -OCH3 is 1. The van der Waals surface area contributed by atoms with Gasteiger partial charge in [-0.2, -0.15) is 4.98 Å². The van der Waals surface area contributed by atoms with E-state index in [2.05, 4.69) is 9.97 Å². The zero-order valence-electron chi connectivity index (χ0n) is 14.0. The third-order valence-electron chi connectivity index (χ3n) is 4.56. The second-order valence-electron chi connectivity index (χ2n) is 6.10. The van der Waals surface area contributed by atoms with E-state index in [1.54, 1.807) is 48.5 Å². The maximum atomic E-state index is 12.6. The lowest BCUT2D eigenvalue weighted by atomic mass is 9.98. The summed E-state index contributed by atoms with van der Waals surface area (Å²) in [5.74, 6) is 0.761. The van der Waals surface area contributed by atoms with Crippen LogP contribution in [0.5, 0.6) is 5.88 Å². The highest BCUT2D eigenvalue weighted by Gasteiger charge is 2.34. The first-order chi connectivity index (χ1) is 12.2. The van der Waals surface area contributed by atoms with Gasteiger partial charge < -0.3 is 19.8 Å². The van der Waals surface area contributed by atoms with Gasteiger partial charge in [-0.1, -0.05) is 12.1 Å². The minimum absolute atomic E-state index is 0.0267. The fourth-order valence-corrected chi connectivity index (χ4v) is 3.06. The molecule has 2 atom stereocenters. The third kappa shape index (κ3) is 3.62. The fraction of sp³-hybridized carbons (Fsp3) is 0.389. The van der Waals surface area contributed by atoms with Crippen molar-refractivity contribution in [1.82, 2.24) is 14.9 Å². The zero-order valence-corrected chi connectivity index (χ0v) is 14.0. The number of likely N-dealkylation sites (tertiary alicyclic amines) is 1. The monoisotopic (exact) mass is 343 g/mol. The van der Waals surface area contributed by atoms with Crippen LogP contribution < -0.4 is 4.74 Å². The van der Waals surface area contributed by atoms with E-state index in [4.69, 9.17) is 4.74 Å². The molecule has 0 saturated carbocycles. The molecule has 25 heavy (non-hydrogen) atoms. The molecule has 0 radical (unpaired) electrons. The van der Waals surface area contributed by atoms with Crippen molar-refractivity contribution in [3.63, 3.8) is 0 Å². The molecule has 1 aromatic heterocycles. The topological polar surface area (TPSA) is 95.8 Å². The van der Waals surface area contributed by atoms with Gasteiger partial charge in [-0.05, 0) is 12.1 Å². The van der Waals surface area contributed by atoms with Crippen LogP contribution in [0.25, 0.3) is 11.4 Å². The number of ether oxygens (including phenoxy) is 1. The molecule has 1 saturated heterocycles. The molecule has 3 rings (SSSR count). The predicted octanol–water partition coefficient (Wildman–Crippen LogP) is 0.825. The first kappa shape index (κ1) is 17.3. The van der Waals surface area contributed by atoms with Crippen molar-refractivity contribution in [3.05, 3.63) is 42.1 Å². The first-order valence-electron chi connectivity index (χ1n) is 8.14. The lowest BCUT2D eigenvalue weighted by Crippen LogP contribution is -2.29. The number of rotatable bonds is 5. The SMILES string of the molecule is COc1ccnc(-c2ccc(C(=O)N3C[C@@H](CO)[C@H](CO)C3)cc2)n1. The van der Waals surface area contributed by atoms with Crippen LogP contribution in [0, 0.1) is 11.8 Å². The lowest BCUT2D eigenvalue weighted by Gasteiger charge is -2.16. The van der Waals surface area contributed by atoms with Crippen LogP contribution in [0.15, 0.2) is 36.5 Å². The Kier molecular flexibility index (Phi) is 5.25. The number of amides is 1. The Hall–Kier alpha value is -2.51. The average Bonchev–Trinajstić information content (AvgIpc) is 3.11. The number of carbonyl (C=O) groups is 1. The standard InChI is InChI=1S/C18H21N3O4/c1-25-16-6-7-19-17(20-16)12-2-4-13(5-3-12)18(24)21-8-14(10-22)15(9-21)11-23/h2-7,14-15,22-23H,8-11H2,1H3/t14-,15-/m0/s1. The molecular formula is C18H21N3O4. The van der Waals surface area contributed by atoms with Crippen molar-refractivity contribution in [3.8, 4) is 17.3 Å². The molecule has 1 aliphatic rings. The molecule has 0 spiro atoms. The van der Waals surface area contributed by atoms with Crippen LogP contribution in [0.3, 0.4) is 0 Å². The normalized spacial score (nSPS) is 19.9. The van der Waals surface area contributed by atoms with Gasteiger partial charge in [-0.25, -0.2) is 4.98 Å². The van der Waals surface area contributed by atoms with Gasteiger partial charge >= 0.3 is 0 Å². The Bertz CT molecular complexity index is 723. The maximum Gasteiger partial charge on any atom is 0.253 e. The molecule has 0 bridgehead atoms. The van der Waals surface area contributed by atoms with Gasteiger partial charge in [0.2, 0.25) is 5.88 Å². The Morgan fingerprint density at radius 1 is 1.16 bits per heavy atom. The molecule has 1 aliphatic heterocycles. The molecule has 132 valence electrons. The Labute approximate surface area is 145 Å². The summed E-state index contributed by atoms with van der Waals surface area (Å²) < 4.78 is 5.09. The summed E-state index contributed by atoms with van der Waals surface area (Å²) >= 11 is 0. The molecule has 2 heterocycles. The van der Waals surface area contributed by atoms with E-state index in [9.17, 15) is 15.0 Å². The van der Waals surface area contributed by atoms with Gasteiger partial charge in [0.15, 0.2) is 5.82 Å². The van der Waals surface area contributed by atoms with E-state index in [1.807, 2.05) is 0 Å². The second-order valence-corrected chi connectivity index (χ2v) is 6.10. The number of aromatic nitrogens is 2. The van der Waals surface area contributed by atoms with Crippen LogP contribution in [0.4, 0.5) is 0 Å². The number of aliphatic hydroxyl groups is 2. The predicted molar refractivity (Wildman–Crippen MR) is 91.1 cm³/mol. The van der Waals surface area contributed by atoms with E-state index in [0.717, 1.165) is 5.56 Å². The van der Waals surface area contributed by atoms with Gasteiger partial charge in [0, 0.05) is 61.5 Å². The van der Waals surface area contributed by atoms with Crippen molar-refractivity contribution >= 4 is 5.91 Å². The molecular weight excluding hydrogens is 322 g/mol. The molecule has 2 N–H and O–H groups in total. The number of carbonyl (C=O) groups excluding carboxylic acids is 1. The fourth-order valence-electron chi connectivity index (χ4n) is 3.06. The summed E-state index contributed by atoms with van der Waals surface area (Å²) in [6, 6.07) is 8.74.